The number of rotatable bonds is 5. The SMILES string of the molecule is Cc1cc(-c2cc(-n3c4ccccc4c4cc(-c5ccc6oc7ccccc7c6c5)ccc43)c(C#N)c(-n3c4ccccc4c4cc(-c5ccc6oc7ccccc7c6c5)ccc43)c2)cc(C(F)(F)F)c1. The molecule has 0 atom stereocenters. The summed E-state index contributed by atoms with van der Waals surface area (Å²) in [6.45, 7) is 1.68. The van der Waals surface area contributed by atoms with Crippen LogP contribution in [0.1, 0.15) is 16.7 Å². The average molecular weight is 924 g/mol. The number of halogens is 3. The molecule has 0 saturated carbocycles. The van der Waals surface area contributed by atoms with Crippen LogP contribution in [0.5, 0.6) is 0 Å². The Hall–Kier alpha value is -9.32. The van der Waals surface area contributed by atoms with E-state index >= 15 is 0 Å². The maximum absolute atomic E-state index is 14.6. The van der Waals surface area contributed by atoms with Crippen LogP contribution >= 0.6 is 0 Å². The second-order valence-electron chi connectivity index (χ2n) is 18.4. The normalized spacial score (nSPS) is 12.2. The van der Waals surface area contributed by atoms with E-state index in [0.29, 0.717) is 33.6 Å². The average Bonchev–Trinajstić information content (AvgIpc) is 4.15. The van der Waals surface area contributed by atoms with E-state index in [9.17, 15) is 18.4 Å². The molecule has 0 aliphatic heterocycles. The van der Waals surface area contributed by atoms with E-state index in [1.807, 2.05) is 97.1 Å². The lowest BCUT2D eigenvalue weighted by atomic mass is 9.96. The molecule has 0 amide bonds. The lowest BCUT2D eigenvalue weighted by Crippen LogP contribution is -2.07. The van der Waals surface area contributed by atoms with E-state index < -0.39 is 11.7 Å². The number of para-hydroxylation sites is 4. The molecular weight excluding hydrogens is 888 g/mol. The van der Waals surface area contributed by atoms with Gasteiger partial charge in [0.2, 0.25) is 0 Å². The highest BCUT2D eigenvalue weighted by Gasteiger charge is 2.31. The van der Waals surface area contributed by atoms with Crippen LogP contribution < -0.4 is 0 Å². The molecule has 0 spiro atoms. The first-order valence-corrected chi connectivity index (χ1v) is 23.3. The number of nitrogens with zero attached hydrogens (tertiary/aromatic N) is 3. The Morgan fingerprint density at radius 1 is 0.380 bits per heavy atom. The summed E-state index contributed by atoms with van der Waals surface area (Å²) in [6.07, 6.45) is -4.57. The Morgan fingerprint density at radius 3 is 1.25 bits per heavy atom. The molecule has 0 N–H and O–H groups in total. The molecule has 14 aromatic rings. The van der Waals surface area contributed by atoms with Crippen molar-refractivity contribution in [2.75, 3.05) is 0 Å². The van der Waals surface area contributed by atoms with Gasteiger partial charge in [-0.1, -0.05) is 103 Å². The maximum Gasteiger partial charge on any atom is 0.416 e. The molecule has 4 aromatic heterocycles. The van der Waals surface area contributed by atoms with Crippen LogP contribution in [0.2, 0.25) is 0 Å². The molecule has 0 bridgehead atoms. The molecule has 0 aliphatic carbocycles. The van der Waals surface area contributed by atoms with Gasteiger partial charge in [0.1, 0.15) is 34.0 Å². The van der Waals surface area contributed by atoms with Gasteiger partial charge in [-0.05, 0) is 143 Å². The van der Waals surface area contributed by atoms with Gasteiger partial charge in [-0.3, -0.25) is 0 Å². The van der Waals surface area contributed by atoms with Gasteiger partial charge >= 0.3 is 6.18 Å². The monoisotopic (exact) mass is 923 g/mol. The first-order chi connectivity index (χ1) is 34.7. The van der Waals surface area contributed by atoms with Gasteiger partial charge in [-0.25, -0.2) is 0 Å². The lowest BCUT2D eigenvalue weighted by molar-refractivity contribution is -0.137. The minimum atomic E-state index is -4.57. The van der Waals surface area contributed by atoms with E-state index in [1.54, 1.807) is 13.0 Å². The summed E-state index contributed by atoms with van der Waals surface area (Å²) in [5.74, 6) is 0. The summed E-state index contributed by atoms with van der Waals surface area (Å²) in [6, 6.07) is 67.9. The molecule has 0 saturated heterocycles. The third-order valence-corrected chi connectivity index (χ3v) is 14.2. The highest BCUT2D eigenvalue weighted by Crippen LogP contribution is 2.44. The highest BCUT2D eigenvalue weighted by molar-refractivity contribution is 6.14. The molecular formula is C63H36F3N3O2. The van der Waals surface area contributed by atoms with E-state index in [4.69, 9.17) is 8.83 Å². The topological polar surface area (TPSA) is 59.9 Å². The molecule has 0 fully saturated rings. The van der Waals surface area contributed by atoms with Crippen molar-refractivity contribution in [1.29, 1.82) is 5.26 Å². The van der Waals surface area contributed by atoms with E-state index in [1.165, 1.54) is 12.1 Å². The predicted octanol–water partition coefficient (Wildman–Crippen LogP) is 17.9. The Bertz CT molecular complexity index is 4360. The van der Waals surface area contributed by atoms with Crippen LogP contribution in [0, 0.1) is 18.3 Å². The minimum absolute atomic E-state index is 0.366. The van der Waals surface area contributed by atoms with Crippen LogP contribution in [0.4, 0.5) is 13.2 Å². The van der Waals surface area contributed by atoms with Gasteiger partial charge in [-0.15, -0.1) is 0 Å². The summed E-state index contributed by atoms with van der Waals surface area (Å²) in [7, 11) is 0. The van der Waals surface area contributed by atoms with Crippen LogP contribution in [0.25, 0.3) is 132 Å². The van der Waals surface area contributed by atoms with E-state index in [2.05, 4.69) is 100 Å². The van der Waals surface area contributed by atoms with Crippen molar-refractivity contribution in [2.24, 2.45) is 0 Å². The van der Waals surface area contributed by atoms with Crippen LogP contribution in [-0.4, -0.2) is 9.13 Å². The number of nitriles is 1. The molecule has 14 rings (SSSR count). The second kappa shape index (κ2) is 15.1. The predicted molar refractivity (Wildman–Crippen MR) is 280 cm³/mol. The number of aromatic nitrogens is 2. The maximum atomic E-state index is 14.6. The van der Waals surface area contributed by atoms with Crippen molar-refractivity contribution in [3.8, 4) is 50.8 Å². The molecule has 0 aliphatic rings. The van der Waals surface area contributed by atoms with Crippen molar-refractivity contribution < 1.29 is 22.0 Å². The van der Waals surface area contributed by atoms with Gasteiger partial charge in [0, 0.05) is 43.1 Å². The third-order valence-electron chi connectivity index (χ3n) is 14.2. The number of hydrogen-bond donors (Lipinski definition) is 0. The number of hydrogen-bond acceptors (Lipinski definition) is 3. The van der Waals surface area contributed by atoms with Gasteiger partial charge in [0.25, 0.3) is 0 Å². The van der Waals surface area contributed by atoms with Crippen LogP contribution in [0.3, 0.4) is 0 Å². The Balaban J connectivity index is 1.02. The molecule has 0 radical (unpaired) electrons. The smallest absolute Gasteiger partial charge is 0.416 e. The van der Waals surface area contributed by atoms with Crippen molar-refractivity contribution in [3.63, 3.8) is 0 Å². The molecule has 0 unspecified atom stereocenters. The van der Waals surface area contributed by atoms with Gasteiger partial charge < -0.3 is 18.0 Å². The van der Waals surface area contributed by atoms with Crippen molar-refractivity contribution in [3.05, 3.63) is 217 Å². The Labute approximate surface area is 403 Å². The highest BCUT2D eigenvalue weighted by atomic mass is 19.4. The summed E-state index contributed by atoms with van der Waals surface area (Å²) in [4.78, 5) is 0. The van der Waals surface area contributed by atoms with E-state index in [0.717, 1.165) is 110 Å². The van der Waals surface area contributed by atoms with Crippen LogP contribution in [0.15, 0.2) is 209 Å². The van der Waals surface area contributed by atoms with Crippen LogP contribution in [-0.2, 0) is 6.18 Å². The summed E-state index contributed by atoms with van der Waals surface area (Å²) >= 11 is 0. The summed E-state index contributed by atoms with van der Waals surface area (Å²) in [5, 5.41) is 19.6. The zero-order valence-electron chi connectivity index (χ0n) is 37.8. The molecule has 71 heavy (non-hydrogen) atoms. The Morgan fingerprint density at radius 2 is 0.775 bits per heavy atom. The quantitative estimate of drug-likeness (QED) is 0.173. The molecule has 8 heteroatoms. The fourth-order valence-corrected chi connectivity index (χ4v) is 11.0. The molecule has 4 heterocycles. The zero-order valence-corrected chi connectivity index (χ0v) is 37.8. The van der Waals surface area contributed by atoms with Crippen molar-refractivity contribution in [1.82, 2.24) is 9.13 Å². The number of aryl methyl sites for hydroxylation is 1. The Kier molecular flexibility index (Phi) is 8.65. The number of alkyl halides is 3. The largest absolute Gasteiger partial charge is 0.456 e. The van der Waals surface area contributed by atoms with Gasteiger partial charge in [0.15, 0.2) is 0 Å². The fourth-order valence-electron chi connectivity index (χ4n) is 11.0. The summed E-state index contributed by atoms with van der Waals surface area (Å²) in [5.41, 5.74) is 12.9. The lowest BCUT2D eigenvalue weighted by Gasteiger charge is -2.19. The third kappa shape index (κ3) is 6.26. The zero-order chi connectivity index (χ0) is 47.7. The number of benzene rings is 10. The summed E-state index contributed by atoms with van der Waals surface area (Å²) < 4.78 is 60.3. The molecule has 336 valence electrons. The first-order valence-electron chi connectivity index (χ1n) is 23.3. The second-order valence-corrected chi connectivity index (χ2v) is 18.4. The fraction of sp³-hybridized carbons (Fsp3) is 0.0317. The molecule has 5 nitrogen and oxygen atoms in total. The number of fused-ring (bicyclic) bond motifs is 12. The molecule has 10 aromatic carbocycles. The standard InChI is InChI=1S/C63H36F3N3O2/c1-36-26-41(28-43(27-36)63(64,65)66)42-33-57(68-53-14-6-2-10-44(53)48-29-37(18-22-55(48)68)39-20-24-61-50(31-39)46-12-4-8-16-59(46)70-61)52(35-67)58(34-42)69-54-15-7-3-11-45(54)49-30-38(19-23-56(49)69)40-21-25-62-51(32-40)47-13-5-9-17-60(47)71-62/h2-34H,1H3. The van der Waals surface area contributed by atoms with Crippen molar-refractivity contribution in [2.45, 2.75) is 13.1 Å². The van der Waals surface area contributed by atoms with Gasteiger partial charge in [-0.2, -0.15) is 18.4 Å². The van der Waals surface area contributed by atoms with Gasteiger partial charge in [0.05, 0.1) is 39.0 Å². The minimum Gasteiger partial charge on any atom is -0.456 e. The number of furan rings is 2. The van der Waals surface area contributed by atoms with E-state index in [-0.39, 0.29) is 0 Å². The first kappa shape index (κ1) is 40.7. The van der Waals surface area contributed by atoms with Crippen molar-refractivity contribution >= 4 is 87.5 Å².